The fourth-order valence-corrected chi connectivity index (χ4v) is 4.65. The van der Waals surface area contributed by atoms with Gasteiger partial charge in [0.25, 0.3) is 0 Å². The molecular formula is C43H70N6O5. The molecule has 11 nitrogen and oxygen atoms in total. The minimum absolute atomic E-state index is 0.0514. The molecule has 4 atom stereocenters. The van der Waals surface area contributed by atoms with Gasteiger partial charge in [-0.25, -0.2) is 0 Å². The Balaban J connectivity index is 0. The average molecular weight is 751 g/mol. The third-order valence-corrected chi connectivity index (χ3v) is 7.57. The number of nitrogens with one attached hydrogen (secondary N) is 1. The van der Waals surface area contributed by atoms with Crippen molar-refractivity contribution in [2.24, 2.45) is 33.8 Å². The lowest BCUT2D eigenvalue weighted by Gasteiger charge is -2.32. The van der Waals surface area contributed by atoms with Crippen LogP contribution in [-0.2, 0) is 38.4 Å². The summed E-state index contributed by atoms with van der Waals surface area (Å²) in [6.45, 7) is 18.4. The molecule has 1 heterocycles. The molecule has 1 fully saturated rings. The maximum absolute atomic E-state index is 12.2. The molecule has 302 valence electrons. The molecule has 11 heteroatoms. The van der Waals surface area contributed by atoms with E-state index in [9.17, 15) is 14.4 Å². The third-order valence-electron chi connectivity index (χ3n) is 7.57. The fourth-order valence-electron chi connectivity index (χ4n) is 4.65. The quantitative estimate of drug-likeness (QED) is 0.141. The molecule has 0 spiro atoms. The number of ether oxygens (including phenoxy) is 1. The van der Waals surface area contributed by atoms with E-state index in [0.717, 1.165) is 17.5 Å². The second kappa shape index (κ2) is 28.1. The summed E-state index contributed by atoms with van der Waals surface area (Å²) in [4.78, 5) is 35.6. The lowest BCUT2D eigenvalue weighted by Crippen LogP contribution is -2.45. The zero-order valence-electron chi connectivity index (χ0n) is 34.4. The molecule has 1 aliphatic heterocycles. The van der Waals surface area contributed by atoms with E-state index in [-0.39, 0.29) is 36.1 Å². The van der Waals surface area contributed by atoms with E-state index < -0.39 is 18.0 Å². The van der Waals surface area contributed by atoms with Crippen molar-refractivity contribution in [1.82, 2.24) is 10.2 Å². The van der Waals surface area contributed by atoms with Crippen LogP contribution in [0.2, 0.25) is 0 Å². The summed E-state index contributed by atoms with van der Waals surface area (Å²) in [7, 11) is 4.73. The van der Waals surface area contributed by atoms with Crippen molar-refractivity contribution in [3.63, 3.8) is 0 Å². The monoisotopic (exact) mass is 751 g/mol. The van der Waals surface area contributed by atoms with Gasteiger partial charge in [-0.05, 0) is 60.8 Å². The summed E-state index contributed by atoms with van der Waals surface area (Å²) in [5.74, 6) is -0.638. The summed E-state index contributed by atoms with van der Waals surface area (Å²) >= 11 is 0. The Morgan fingerprint density at radius 3 is 1.48 bits per heavy atom. The number of nitrogens with two attached hydrogens (primary N) is 4. The summed E-state index contributed by atoms with van der Waals surface area (Å²) in [6, 6.07) is 28.1. The number of primary amides is 1. The highest BCUT2D eigenvalue weighted by Gasteiger charge is 2.42. The van der Waals surface area contributed by atoms with Crippen molar-refractivity contribution in [3.05, 3.63) is 120 Å². The number of allylic oxidation sites excluding steroid dienone is 1. The van der Waals surface area contributed by atoms with E-state index in [4.69, 9.17) is 22.3 Å². The molecule has 3 aromatic carbocycles. The standard InChI is InChI=1S/C15H22N2O.C10H13NO2.C9H12N2O.C6H12.C2H6O.CH5N/c1-15(2,3)14-16-12(13(18)17(14)4)10-11-8-6-5-7-9-11;1-13-10(12)9(11)7-8-5-3-2-4-6-8;10-8(9(11)12)6-7-4-2-1-3-5-7;1-5-6(2,3)4;1-2-3;1-2/h5-9,12,14,16H,10H2,1-4H3;2-6,9H,7,11H2,1H3;1-5,8H,6,10H2,(H2,11,12);5H,1H2,2-4H3;3H,2H2,1H3;2H2,1H3/t12-,14-;9-;8-;;;/m000.../s1. The molecule has 1 aliphatic rings. The van der Waals surface area contributed by atoms with Gasteiger partial charge in [-0.3, -0.25) is 19.7 Å². The van der Waals surface area contributed by atoms with Gasteiger partial charge in [0, 0.05) is 13.7 Å². The van der Waals surface area contributed by atoms with Gasteiger partial charge >= 0.3 is 5.97 Å². The van der Waals surface area contributed by atoms with Crippen molar-refractivity contribution in [3.8, 4) is 0 Å². The van der Waals surface area contributed by atoms with Gasteiger partial charge in [0.1, 0.15) is 6.04 Å². The van der Waals surface area contributed by atoms with E-state index in [1.54, 1.807) is 6.92 Å². The van der Waals surface area contributed by atoms with Crippen LogP contribution in [0.3, 0.4) is 0 Å². The molecule has 4 rings (SSSR count). The molecule has 2 amide bonds. The van der Waals surface area contributed by atoms with Crippen LogP contribution in [0.15, 0.2) is 104 Å². The molecule has 54 heavy (non-hydrogen) atoms. The van der Waals surface area contributed by atoms with Crippen molar-refractivity contribution in [2.45, 2.75) is 92.0 Å². The molecule has 10 N–H and O–H groups in total. The van der Waals surface area contributed by atoms with Gasteiger partial charge in [-0.15, -0.1) is 6.58 Å². The normalized spacial score (nSPS) is 15.6. The number of methoxy groups -OCH3 is 1. The topological polar surface area (TPSA) is 200 Å². The van der Waals surface area contributed by atoms with E-state index in [1.807, 2.05) is 96.9 Å². The number of esters is 1. The number of rotatable bonds is 8. The van der Waals surface area contributed by atoms with Crippen LogP contribution in [0.25, 0.3) is 0 Å². The Bertz CT molecular complexity index is 1430. The van der Waals surface area contributed by atoms with E-state index in [1.165, 1.54) is 19.7 Å². The third kappa shape index (κ3) is 23.3. The Labute approximate surface area is 325 Å². The maximum Gasteiger partial charge on any atom is 0.322 e. The summed E-state index contributed by atoms with van der Waals surface area (Å²) < 4.78 is 4.52. The highest BCUT2D eigenvalue weighted by Crippen LogP contribution is 2.27. The second-order valence-corrected chi connectivity index (χ2v) is 14.5. The highest BCUT2D eigenvalue weighted by molar-refractivity contribution is 5.84. The average Bonchev–Trinajstić information content (AvgIpc) is 3.43. The first-order valence-electron chi connectivity index (χ1n) is 18.2. The Morgan fingerprint density at radius 1 is 0.833 bits per heavy atom. The molecule has 0 radical (unpaired) electrons. The summed E-state index contributed by atoms with van der Waals surface area (Å²) in [5.41, 5.74) is 24.2. The Hall–Kier alpha value is -4.39. The number of hydrogen-bond acceptors (Lipinski definition) is 9. The second-order valence-electron chi connectivity index (χ2n) is 14.5. The first kappa shape index (κ1) is 51.7. The van der Waals surface area contributed by atoms with Crippen LogP contribution < -0.4 is 28.3 Å². The van der Waals surface area contributed by atoms with Gasteiger partial charge < -0.3 is 37.7 Å². The van der Waals surface area contributed by atoms with Gasteiger partial charge in [0.2, 0.25) is 11.8 Å². The molecule has 0 unspecified atom stereocenters. The van der Waals surface area contributed by atoms with Crippen LogP contribution in [0.5, 0.6) is 0 Å². The lowest BCUT2D eigenvalue weighted by atomic mass is 9.92. The minimum Gasteiger partial charge on any atom is -0.468 e. The molecular weight excluding hydrogens is 681 g/mol. The number of aliphatic hydroxyl groups excluding tert-OH is 1. The zero-order valence-corrected chi connectivity index (χ0v) is 34.4. The zero-order chi connectivity index (χ0) is 41.9. The number of aliphatic hydroxyl groups is 1. The SMILES string of the molecule is C=CC(C)(C)C.CCO.CN.CN1C(=O)[C@H](Cc2ccccc2)N[C@@H]1C(C)(C)C.COC(=O)[C@@H](N)Cc1ccccc1.NC(=O)[C@@H](N)Cc1ccccc1. The fraction of sp³-hybridized carbons (Fsp3) is 0.465. The van der Waals surface area contributed by atoms with Crippen molar-refractivity contribution >= 4 is 17.8 Å². The van der Waals surface area contributed by atoms with Gasteiger partial charge in [0.05, 0.1) is 25.4 Å². The minimum atomic E-state index is -0.576. The predicted molar refractivity (Wildman–Crippen MR) is 223 cm³/mol. The summed E-state index contributed by atoms with van der Waals surface area (Å²) in [5, 5.41) is 11.0. The molecule has 0 aliphatic carbocycles. The summed E-state index contributed by atoms with van der Waals surface area (Å²) in [6.07, 6.45) is 3.84. The van der Waals surface area contributed by atoms with Crippen LogP contribution in [0.1, 0.15) is 65.2 Å². The van der Waals surface area contributed by atoms with Crippen LogP contribution in [0, 0.1) is 10.8 Å². The van der Waals surface area contributed by atoms with Crippen molar-refractivity contribution in [1.29, 1.82) is 0 Å². The van der Waals surface area contributed by atoms with Crippen LogP contribution in [-0.4, -0.2) is 79.9 Å². The van der Waals surface area contributed by atoms with Crippen molar-refractivity contribution < 1.29 is 24.2 Å². The molecule has 1 saturated heterocycles. The maximum atomic E-state index is 12.2. The number of hydrogen-bond donors (Lipinski definition) is 6. The van der Waals surface area contributed by atoms with Gasteiger partial charge in [-0.1, -0.05) is 139 Å². The number of likely N-dealkylation sites (N-methyl/N-ethyl adjacent to an activating group) is 1. The first-order chi connectivity index (χ1) is 25.3. The number of carbonyl (C=O) groups excluding carboxylic acids is 3. The van der Waals surface area contributed by atoms with Crippen molar-refractivity contribution in [2.75, 3.05) is 27.8 Å². The van der Waals surface area contributed by atoms with Gasteiger partial charge in [0.15, 0.2) is 0 Å². The Kier molecular flexibility index (Phi) is 26.9. The molecule has 3 aromatic rings. The van der Waals surface area contributed by atoms with E-state index in [0.29, 0.717) is 18.3 Å². The van der Waals surface area contributed by atoms with Crippen LogP contribution >= 0.6 is 0 Å². The first-order valence-corrected chi connectivity index (χ1v) is 18.2. The van der Waals surface area contributed by atoms with Gasteiger partial charge in [-0.2, -0.15) is 0 Å². The lowest BCUT2D eigenvalue weighted by molar-refractivity contribution is -0.142. The van der Waals surface area contributed by atoms with Crippen LogP contribution in [0.4, 0.5) is 0 Å². The molecule has 0 saturated carbocycles. The number of benzene rings is 3. The number of carbonyl (C=O) groups is 3. The number of nitrogens with zero attached hydrogens (tertiary/aromatic N) is 1. The smallest absolute Gasteiger partial charge is 0.322 e. The molecule has 0 bridgehead atoms. The molecule has 0 aromatic heterocycles. The largest absolute Gasteiger partial charge is 0.468 e. The Morgan fingerprint density at radius 2 is 1.19 bits per heavy atom. The number of amides is 2. The van der Waals surface area contributed by atoms with E-state index >= 15 is 0 Å². The highest BCUT2D eigenvalue weighted by atomic mass is 16.5. The predicted octanol–water partition coefficient (Wildman–Crippen LogP) is 4.59. The van der Waals surface area contributed by atoms with E-state index in [2.05, 4.69) is 76.0 Å².